The first kappa shape index (κ1) is 16.0. The maximum absolute atomic E-state index is 11.2. The Balaban J connectivity index is 3.20. The Kier molecular flexibility index (Phi) is 5.51. The molecule has 0 saturated heterocycles. The number of hydrogen-bond acceptors (Lipinski definition) is 4. The highest BCUT2D eigenvalue weighted by Gasteiger charge is 2.16. The number of nitriles is 1. The van der Waals surface area contributed by atoms with Crippen molar-refractivity contribution in [3.8, 4) is 6.07 Å². The summed E-state index contributed by atoms with van der Waals surface area (Å²) in [5.74, 6) is -0.314. The highest BCUT2D eigenvalue weighted by molar-refractivity contribution is 5.88. The van der Waals surface area contributed by atoms with Gasteiger partial charge in [-0.25, -0.2) is 9.78 Å². The van der Waals surface area contributed by atoms with E-state index in [-0.39, 0.29) is 17.4 Å². The van der Waals surface area contributed by atoms with Gasteiger partial charge in [0.25, 0.3) is 0 Å². The molecule has 1 unspecified atom stereocenters. The zero-order chi connectivity index (χ0) is 15.3. The van der Waals surface area contributed by atoms with Gasteiger partial charge in [-0.15, -0.1) is 0 Å². The number of hydrogen-bond donors (Lipinski definition) is 1. The van der Waals surface area contributed by atoms with Crippen LogP contribution in [0.4, 0.5) is 5.82 Å². The summed E-state index contributed by atoms with van der Waals surface area (Å²) in [7, 11) is 0. The first-order valence-electron chi connectivity index (χ1n) is 6.78. The lowest BCUT2D eigenvalue weighted by molar-refractivity contribution is 0.0696. The van der Waals surface area contributed by atoms with Crippen LogP contribution in [0.3, 0.4) is 0 Å². The van der Waals surface area contributed by atoms with E-state index in [1.807, 2.05) is 32.6 Å². The van der Waals surface area contributed by atoms with Crippen molar-refractivity contribution in [2.24, 2.45) is 5.92 Å². The van der Waals surface area contributed by atoms with Crippen LogP contribution in [-0.2, 0) is 0 Å². The monoisotopic (exact) mass is 275 g/mol. The Morgan fingerprint density at radius 2 is 2.10 bits per heavy atom. The molecule has 1 heterocycles. The molecule has 0 aliphatic carbocycles. The second-order valence-corrected chi connectivity index (χ2v) is 5.17. The first-order valence-corrected chi connectivity index (χ1v) is 6.78. The average molecular weight is 275 g/mol. The van der Waals surface area contributed by atoms with Crippen LogP contribution in [0, 0.1) is 17.2 Å². The van der Waals surface area contributed by atoms with E-state index in [0.29, 0.717) is 18.9 Å². The Morgan fingerprint density at radius 3 is 2.55 bits per heavy atom. The maximum Gasteiger partial charge on any atom is 0.335 e. The Morgan fingerprint density at radius 1 is 1.45 bits per heavy atom. The fraction of sp³-hybridized carbons (Fsp3) is 0.533. The van der Waals surface area contributed by atoms with E-state index in [1.165, 1.54) is 0 Å². The van der Waals surface area contributed by atoms with E-state index in [4.69, 9.17) is 5.26 Å². The number of pyridine rings is 1. The van der Waals surface area contributed by atoms with Gasteiger partial charge >= 0.3 is 5.97 Å². The molecule has 0 bridgehead atoms. The SMILES string of the molecule is CCN(CC(C)C#N)c1cc(C(=O)O)cc(C(C)C)n1. The van der Waals surface area contributed by atoms with Gasteiger partial charge in [-0.1, -0.05) is 13.8 Å². The molecule has 0 radical (unpaired) electrons. The smallest absolute Gasteiger partial charge is 0.335 e. The summed E-state index contributed by atoms with van der Waals surface area (Å²) in [6.07, 6.45) is 0. The summed E-state index contributed by atoms with van der Waals surface area (Å²) < 4.78 is 0. The minimum absolute atomic E-state index is 0.132. The van der Waals surface area contributed by atoms with Crippen molar-refractivity contribution in [3.63, 3.8) is 0 Å². The van der Waals surface area contributed by atoms with E-state index in [2.05, 4.69) is 11.1 Å². The number of nitrogens with zero attached hydrogens (tertiary/aromatic N) is 3. The lowest BCUT2D eigenvalue weighted by Crippen LogP contribution is -2.29. The molecule has 0 amide bonds. The van der Waals surface area contributed by atoms with Gasteiger partial charge in [0, 0.05) is 18.8 Å². The van der Waals surface area contributed by atoms with Gasteiger partial charge in [0.1, 0.15) is 5.82 Å². The normalized spacial score (nSPS) is 12.0. The average Bonchev–Trinajstić information content (AvgIpc) is 2.43. The van der Waals surface area contributed by atoms with Crippen LogP contribution in [0.15, 0.2) is 12.1 Å². The number of aromatic nitrogens is 1. The Hall–Kier alpha value is -2.09. The summed E-state index contributed by atoms with van der Waals surface area (Å²) >= 11 is 0. The van der Waals surface area contributed by atoms with E-state index in [9.17, 15) is 9.90 Å². The summed E-state index contributed by atoms with van der Waals surface area (Å²) in [6, 6.07) is 5.37. The molecule has 0 aliphatic rings. The van der Waals surface area contributed by atoms with E-state index < -0.39 is 5.97 Å². The van der Waals surface area contributed by atoms with Crippen molar-refractivity contribution in [1.29, 1.82) is 5.26 Å². The molecule has 1 aromatic heterocycles. The minimum Gasteiger partial charge on any atom is -0.478 e. The van der Waals surface area contributed by atoms with Crippen LogP contribution in [-0.4, -0.2) is 29.1 Å². The highest BCUT2D eigenvalue weighted by Crippen LogP contribution is 2.21. The van der Waals surface area contributed by atoms with Crippen LogP contribution >= 0.6 is 0 Å². The fourth-order valence-corrected chi connectivity index (χ4v) is 1.87. The predicted octanol–water partition coefficient (Wildman–Crippen LogP) is 2.89. The zero-order valence-electron chi connectivity index (χ0n) is 12.4. The Bertz CT molecular complexity index is 520. The fourth-order valence-electron chi connectivity index (χ4n) is 1.87. The second-order valence-electron chi connectivity index (χ2n) is 5.17. The van der Waals surface area contributed by atoms with Crippen LogP contribution in [0.5, 0.6) is 0 Å². The summed E-state index contributed by atoms with van der Waals surface area (Å²) in [6.45, 7) is 8.99. The summed E-state index contributed by atoms with van der Waals surface area (Å²) in [5.41, 5.74) is 0.990. The summed E-state index contributed by atoms with van der Waals surface area (Å²) in [5, 5.41) is 18.1. The molecular formula is C15H21N3O2. The molecule has 0 saturated carbocycles. The van der Waals surface area contributed by atoms with E-state index in [0.717, 1.165) is 5.69 Å². The van der Waals surface area contributed by atoms with Gasteiger partial charge in [-0.2, -0.15) is 5.26 Å². The van der Waals surface area contributed by atoms with Crippen LogP contribution in [0.25, 0.3) is 0 Å². The van der Waals surface area contributed by atoms with Crippen molar-refractivity contribution in [3.05, 3.63) is 23.4 Å². The molecule has 5 nitrogen and oxygen atoms in total. The minimum atomic E-state index is -0.958. The second kappa shape index (κ2) is 6.90. The third kappa shape index (κ3) is 3.95. The molecule has 0 fully saturated rings. The number of aromatic carboxylic acids is 1. The Labute approximate surface area is 119 Å². The van der Waals surface area contributed by atoms with Gasteiger partial charge in [0.15, 0.2) is 0 Å². The first-order chi connectivity index (χ1) is 9.38. The van der Waals surface area contributed by atoms with Gasteiger partial charge < -0.3 is 10.0 Å². The molecule has 0 spiro atoms. The van der Waals surface area contributed by atoms with E-state index >= 15 is 0 Å². The van der Waals surface area contributed by atoms with Crippen molar-refractivity contribution in [2.45, 2.75) is 33.6 Å². The van der Waals surface area contributed by atoms with Crippen LogP contribution in [0.2, 0.25) is 0 Å². The van der Waals surface area contributed by atoms with Crippen molar-refractivity contribution in [2.75, 3.05) is 18.0 Å². The number of carbonyl (C=O) groups is 1. The van der Waals surface area contributed by atoms with Crippen LogP contribution < -0.4 is 4.90 Å². The highest BCUT2D eigenvalue weighted by atomic mass is 16.4. The predicted molar refractivity (Wildman–Crippen MR) is 77.9 cm³/mol. The molecule has 1 aromatic rings. The van der Waals surface area contributed by atoms with E-state index in [1.54, 1.807) is 12.1 Å². The third-order valence-corrected chi connectivity index (χ3v) is 3.09. The van der Waals surface area contributed by atoms with Gasteiger partial charge in [-0.3, -0.25) is 0 Å². The third-order valence-electron chi connectivity index (χ3n) is 3.09. The van der Waals surface area contributed by atoms with Gasteiger partial charge in [-0.05, 0) is 31.9 Å². The van der Waals surface area contributed by atoms with Crippen LogP contribution in [0.1, 0.15) is 49.7 Å². The number of anilines is 1. The number of carboxylic acids is 1. The molecule has 1 N–H and O–H groups in total. The van der Waals surface area contributed by atoms with Gasteiger partial charge in [0.05, 0.1) is 17.6 Å². The maximum atomic E-state index is 11.2. The standard InChI is InChI=1S/C15H21N3O2/c1-5-18(9-11(4)8-16)14-7-12(15(19)20)6-13(17-14)10(2)3/h6-7,10-11H,5,9H2,1-4H3,(H,19,20). The largest absolute Gasteiger partial charge is 0.478 e. The summed E-state index contributed by atoms with van der Waals surface area (Å²) in [4.78, 5) is 17.7. The molecule has 1 rings (SSSR count). The number of carboxylic acid groups (broad SMARTS) is 1. The lowest BCUT2D eigenvalue weighted by Gasteiger charge is -2.24. The topological polar surface area (TPSA) is 77.2 Å². The van der Waals surface area contributed by atoms with Crippen molar-refractivity contribution < 1.29 is 9.90 Å². The van der Waals surface area contributed by atoms with Crippen molar-refractivity contribution >= 4 is 11.8 Å². The molecular weight excluding hydrogens is 254 g/mol. The molecule has 1 atom stereocenters. The quantitative estimate of drug-likeness (QED) is 0.863. The zero-order valence-corrected chi connectivity index (χ0v) is 12.4. The molecule has 20 heavy (non-hydrogen) atoms. The lowest BCUT2D eigenvalue weighted by atomic mass is 10.1. The molecule has 0 aliphatic heterocycles. The number of rotatable bonds is 6. The van der Waals surface area contributed by atoms with Crippen molar-refractivity contribution in [1.82, 2.24) is 4.98 Å². The molecule has 108 valence electrons. The molecule has 5 heteroatoms. The van der Waals surface area contributed by atoms with Gasteiger partial charge in [0.2, 0.25) is 0 Å². The molecule has 0 aromatic carbocycles.